The molecular formula is C9H14I2O4. The highest BCUT2D eigenvalue weighted by Gasteiger charge is 2.24. The van der Waals surface area contributed by atoms with Crippen LogP contribution in [0.25, 0.3) is 0 Å². The average Bonchev–Trinajstić information content (AvgIpc) is 2.18. The molecule has 2 unspecified atom stereocenters. The average molecular weight is 440 g/mol. The summed E-state index contributed by atoms with van der Waals surface area (Å²) in [6.45, 7) is 4.25. The van der Waals surface area contributed by atoms with Gasteiger partial charge in [0, 0.05) is 0 Å². The monoisotopic (exact) mass is 440 g/mol. The summed E-state index contributed by atoms with van der Waals surface area (Å²) in [6.07, 6.45) is 0.443. The van der Waals surface area contributed by atoms with Gasteiger partial charge in [0.05, 0.1) is 13.2 Å². The largest absolute Gasteiger partial charge is 0.465 e. The minimum Gasteiger partial charge on any atom is -0.465 e. The SMILES string of the molecule is CCOC(=O)C(I)CC(I)C(=O)OCC. The number of alkyl halides is 2. The van der Waals surface area contributed by atoms with E-state index in [-0.39, 0.29) is 19.8 Å². The van der Waals surface area contributed by atoms with Gasteiger partial charge in [-0.3, -0.25) is 9.59 Å². The van der Waals surface area contributed by atoms with Gasteiger partial charge in [0.1, 0.15) is 7.85 Å². The van der Waals surface area contributed by atoms with Gasteiger partial charge in [-0.25, -0.2) is 0 Å². The fraction of sp³-hybridized carbons (Fsp3) is 0.778. The summed E-state index contributed by atoms with van der Waals surface area (Å²) < 4.78 is 9.09. The summed E-state index contributed by atoms with van der Waals surface area (Å²) in [5.74, 6) is -0.548. The first-order chi connectivity index (χ1) is 7.02. The summed E-state index contributed by atoms with van der Waals surface area (Å²) in [6, 6.07) is 0. The Balaban J connectivity index is 3.99. The molecule has 0 aliphatic rings. The first kappa shape index (κ1) is 15.4. The van der Waals surface area contributed by atoms with Crippen molar-refractivity contribution in [3.05, 3.63) is 0 Å². The fourth-order valence-corrected chi connectivity index (χ4v) is 3.19. The van der Waals surface area contributed by atoms with Crippen LogP contribution in [0.15, 0.2) is 0 Å². The van der Waals surface area contributed by atoms with Crippen molar-refractivity contribution in [2.24, 2.45) is 0 Å². The number of hydrogen-bond donors (Lipinski definition) is 0. The molecule has 0 bridgehead atoms. The molecule has 0 N–H and O–H groups in total. The first-order valence-electron chi connectivity index (χ1n) is 4.64. The van der Waals surface area contributed by atoms with E-state index in [0.717, 1.165) is 0 Å². The van der Waals surface area contributed by atoms with Crippen LogP contribution in [-0.4, -0.2) is 33.0 Å². The third-order valence-electron chi connectivity index (χ3n) is 1.50. The van der Waals surface area contributed by atoms with Gasteiger partial charge in [-0.2, -0.15) is 0 Å². The van der Waals surface area contributed by atoms with Crippen LogP contribution < -0.4 is 0 Å². The van der Waals surface area contributed by atoms with Crippen molar-refractivity contribution < 1.29 is 19.1 Å². The summed E-state index contributed by atoms with van der Waals surface area (Å²) in [7, 11) is 0. The molecule has 0 aliphatic carbocycles. The van der Waals surface area contributed by atoms with Gasteiger partial charge in [0.2, 0.25) is 0 Å². The van der Waals surface area contributed by atoms with Crippen LogP contribution in [0.3, 0.4) is 0 Å². The van der Waals surface area contributed by atoms with E-state index >= 15 is 0 Å². The number of carbonyl (C=O) groups excluding carboxylic acids is 2. The van der Waals surface area contributed by atoms with Crippen LogP contribution in [0.5, 0.6) is 0 Å². The van der Waals surface area contributed by atoms with E-state index in [1.165, 1.54) is 0 Å². The van der Waals surface area contributed by atoms with E-state index in [0.29, 0.717) is 19.6 Å². The predicted molar refractivity (Wildman–Crippen MR) is 73.5 cm³/mol. The molecule has 0 spiro atoms. The number of hydrogen-bond acceptors (Lipinski definition) is 4. The van der Waals surface area contributed by atoms with Gasteiger partial charge in [-0.05, 0) is 20.3 Å². The van der Waals surface area contributed by atoms with Crippen molar-refractivity contribution in [2.75, 3.05) is 13.2 Å². The van der Waals surface area contributed by atoms with E-state index in [1.54, 1.807) is 13.8 Å². The molecule has 0 saturated carbocycles. The Bertz CT molecular complexity index is 198. The molecule has 0 rings (SSSR count). The number of esters is 2. The lowest BCUT2D eigenvalue weighted by molar-refractivity contribution is -0.143. The zero-order valence-corrected chi connectivity index (χ0v) is 13.0. The van der Waals surface area contributed by atoms with Crippen LogP contribution in [0.2, 0.25) is 0 Å². The standard InChI is InChI=1S/C9H14I2O4/c1-3-14-8(12)6(10)5-7(11)9(13)15-4-2/h6-7H,3-5H2,1-2H3. The van der Waals surface area contributed by atoms with Gasteiger partial charge < -0.3 is 9.47 Å². The molecule has 0 radical (unpaired) electrons. The maximum atomic E-state index is 11.3. The highest BCUT2D eigenvalue weighted by atomic mass is 127. The molecular weight excluding hydrogens is 426 g/mol. The topological polar surface area (TPSA) is 52.6 Å². The number of carbonyl (C=O) groups is 2. The van der Waals surface area contributed by atoms with Crippen molar-refractivity contribution in [1.82, 2.24) is 0 Å². The van der Waals surface area contributed by atoms with Crippen molar-refractivity contribution in [3.63, 3.8) is 0 Å². The van der Waals surface area contributed by atoms with E-state index < -0.39 is 0 Å². The second kappa shape index (κ2) is 8.54. The Morgan fingerprint density at radius 1 is 1.00 bits per heavy atom. The summed E-state index contributed by atoms with van der Waals surface area (Å²) >= 11 is 3.96. The van der Waals surface area contributed by atoms with E-state index in [9.17, 15) is 9.59 Å². The highest BCUT2D eigenvalue weighted by molar-refractivity contribution is 14.1. The molecule has 4 nitrogen and oxygen atoms in total. The Kier molecular flexibility index (Phi) is 8.77. The van der Waals surface area contributed by atoms with E-state index in [4.69, 9.17) is 9.47 Å². The summed E-state index contributed by atoms with van der Waals surface area (Å²) in [4.78, 5) is 22.5. The van der Waals surface area contributed by atoms with Crippen LogP contribution in [0, 0.1) is 0 Å². The van der Waals surface area contributed by atoms with Gasteiger partial charge in [0.25, 0.3) is 0 Å². The van der Waals surface area contributed by atoms with Crippen molar-refractivity contribution in [2.45, 2.75) is 28.1 Å². The lowest BCUT2D eigenvalue weighted by Gasteiger charge is -2.12. The van der Waals surface area contributed by atoms with Gasteiger partial charge in [-0.1, -0.05) is 45.2 Å². The zero-order valence-electron chi connectivity index (χ0n) is 8.66. The minimum absolute atomic E-state index is 0.274. The Labute approximate surface area is 117 Å². The van der Waals surface area contributed by atoms with Gasteiger partial charge in [-0.15, -0.1) is 0 Å². The van der Waals surface area contributed by atoms with Crippen molar-refractivity contribution in [3.8, 4) is 0 Å². The Morgan fingerprint density at radius 2 is 1.33 bits per heavy atom. The third kappa shape index (κ3) is 6.54. The van der Waals surface area contributed by atoms with Crippen LogP contribution in [0.4, 0.5) is 0 Å². The van der Waals surface area contributed by atoms with Gasteiger partial charge in [0.15, 0.2) is 0 Å². The maximum Gasteiger partial charge on any atom is 0.318 e. The molecule has 0 heterocycles. The quantitative estimate of drug-likeness (QED) is 0.361. The molecule has 15 heavy (non-hydrogen) atoms. The minimum atomic E-state index is -0.297. The lowest BCUT2D eigenvalue weighted by atomic mass is 10.2. The van der Waals surface area contributed by atoms with E-state index in [2.05, 4.69) is 0 Å². The number of rotatable bonds is 6. The molecule has 0 saturated heterocycles. The van der Waals surface area contributed by atoms with Crippen molar-refractivity contribution in [1.29, 1.82) is 0 Å². The fourth-order valence-electron chi connectivity index (χ4n) is 0.839. The molecule has 0 aliphatic heterocycles. The lowest BCUT2D eigenvalue weighted by Crippen LogP contribution is -2.26. The molecule has 0 fully saturated rings. The smallest absolute Gasteiger partial charge is 0.318 e. The Morgan fingerprint density at radius 3 is 1.60 bits per heavy atom. The van der Waals surface area contributed by atoms with Crippen LogP contribution in [0.1, 0.15) is 20.3 Å². The number of ether oxygens (including phenoxy) is 2. The summed E-state index contributed by atoms with van der Waals surface area (Å²) in [5, 5.41) is 0. The Hall–Kier alpha value is 0.400. The molecule has 0 aromatic rings. The molecule has 6 heteroatoms. The number of halogens is 2. The molecule has 0 amide bonds. The normalized spacial score (nSPS) is 14.1. The second-order valence-electron chi connectivity index (χ2n) is 2.67. The molecule has 2 atom stereocenters. The molecule has 88 valence electrons. The first-order valence-corrected chi connectivity index (χ1v) is 7.13. The second-order valence-corrected chi connectivity index (χ2v) is 5.68. The molecule has 0 aromatic carbocycles. The van der Waals surface area contributed by atoms with Gasteiger partial charge >= 0.3 is 11.9 Å². The van der Waals surface area contributed by atoms with Crippen LogP contribution >= 0.6 is 45.2 Å². The molecule has 0 aromatic heterocycles. The van der Waals surface area contributed by atoms with Crippen molar-refractivity contribution >= 4 is 57.1 Å². The summed E-state index contributed by atoms with van der Waals surface area (Å²) in [5.41, 5.74) is 0. The van der Waals surface area contributed by atoms with Crippen LogP contribution in [-0.2, 0) is 19.1 Å². The van der Waals surface area contributed by atoms with E-state index in [1.807, 2.05) is 45.2 Å². The third-order valence-corrected chi connectivity index (χ3v) is 3.53. The predicted octanol–water partition coefficient (Wildman–Crippen LogP) is 2.11. The highest BCUT2D eigenvalue weighted by Crippen LogP contribution is 2.18. The zero-order chi connectivity index (χ0) is 11.8. The maximum absolute atomic E-state index is 11.3.